The summed E-state index contributed by atoms with van der Waals surface area (Å²) in [6.07, 6.45) is 9.83. The molecule has 1 amide bonds. The third-order valence-corrected chi connectivity index (χ3v) is 11.4. The fraction of sp³-hybridized carbons (Fsp3) is 0.350. The molecule has 7 rings (SSSR count). The van der Waals surface area contributed by atoms with Gasteiger partial charge in [-0.15, -0.1) is 11.6 Å². The van der Waals surface area contributed by atoms with Crippen molar-refractivity contribution in [2.45, 2.75) is 68.3 Å². The maximum atomic E-state index is 16.1. The van der Waals surface area contributed by atoms with Gasteiger partial charge in [0.2, 0.25) is 0 Å². The van der Waals surface area contributed by atoms with Crippen molar-refractivity contribution < 1.29 is 28.9 Å². The van der Waals surface area contributed by atoms with Crippen LogP contribution in [0.3, 0.4) is 0 Å². The number of hydrogen-bond acceptors (Lipinski definition) is 9. The highest BCUT2D eigenvalue weighted by Crippen LogP contribution is 2.48. The minimum absolute atomic E-state index is 0.0422. The molecule has 1 saturated heterocycles. The van der Waals surface area contributed by atoms with Crippen molar-refractivity contribution in [1.29, 1.82) is 0 Å². The molecular formula is C40H41Cl2FN6O5. The van der Waals surface area contributed by atoms with E-state index in [2.05, 4.69) is 25.8 Å². The summed E-state index contributed by atoms with van der Waals surface area (Å²) in [5.41, 5.74) is -0.0174. The number of hydrogen-bond donors (Lipinski definition) is 5. The van der Waals surface area contributed by atoms with Crippen LogP contribution < -0.4 is 20.7 Å². The van der Waals surface area contributed by atoms with Crippen molar-refractivity contribution in [3.8, 4) is 5.75 Å². The van der Waals surface area contributed by atoms with Gasteiger partial charge in [-0.25, -0.2) is 9.37 Å². The number of halogens is 3. The highest BCUT2D eigenvalue weighted by Gasteiger charge is 2.56. The highest BCUT2D eigenvalue weighted by atomic mass is 35.5. The van der Waals surface area contributed by atoms with Gasteiger partial charge in [-0.1, -0.05) is 54.1 Å². The van der Waals surface area contributed by atoms with Crippen LogP contribution in [0.25, 0.3) is 16.5 Å². The first-order valence-electron chi connectivity index (χ1n) is 17.9. The van der Waals surface area contributed by atoms with Gasteiger partial charge in [-0.05, 0) is 68.0 Å². The first-order valence-corrected chi connectivity index (χ1v) is 18.6. The fourth-order valence-electron chi connectivity index (χ4n) is 7.24. The summed E-state index contributed by atoms with van der Waals surface area (Å²) in [6.45, 7) is 5.50. The number of alkyl halides is 1. The molecule has 1 aliphatic heterocycles. The minimum Gasteiger partial charge on any atom is -0.493 e. The van der Waals surface area contributed by atoms with Crippen molar-refractivity contribution in [2.24, 2.45) is 0 Å². The van der Waals surface area contributed by atoms with Gasteiger partial charge >= 0.3 is 5.97 Å². The van der Waals surface area contributed by atoms with Crippen LogP contribution in [0.5, 0.6) is 5.75 Å². The number of rotatable bonds is 13. The number of fused-ring (bicyclic) bond motifs is 1. The number of benzene rings is 2. The Balaban J connectivity index is 1.26. The number of carbonyl (C=O) groups is 2. The lowest BCUT2D eigenvalue weighted by molar-refractivity contribution is -0.140. The van der Waals surface area contributed by atoms with Gasteiger partial charge < -0.3 is 25.6 Å². The number of nitrogens with one attached hydrogen (secondary N) is 3. The van der Waals surface area contributed by atoms with E-state index in [9.17, 15) is 19.8 Å². The molecule has 2 aromatic carbocycles. The van der Waals surface area contributed by atoms with Gasteiger partial charge in [0.1, 0.15) is 26.7 Å². The van der Waals surface area contributed by atoms with E-state index in [1.807, 2.05) is 48.5 Å². The van der Waals surface area contributed by atoms with Crippen molar-refractivity contribution in [3.05, 3.63) is 107 Å². The Hall–Kier alpha value is -4.59. The quantitative estimate of drug-likeness (QED) is 0.0950. The van der Waals surface area contributed by atoms with E-state index >= 15 is 4.39 Å². The molecule has 5 N–H and O–H groups in total. The van der Waals surface area contributed by atoms with E-state index in [0.717, 1.165) is 29.5 Å². The molecule has 2 aliphatic carbocycles. The Labute approximate surface area is 322 Å². The molecule has 2 fully saturated rings. The summed E-state index contributed by atoms with van der Waals surface area (Å²) >= 11 is 14.2. The number of pyridine rings is 2. The van der Waals surface area contributed by atoms with Crippen LogP contribution in [0.15, 0.2) is 79.2 Å². The lowest BCUT2D eigenvalue weighted by atomic mass is 9.73. The molecule has 3 atom stereocenters. The summed E-state index contributed by atoms with van der Waals surface area (Å²) in [5, 5.41) is 29.2. The number of aliphatic carboxylic acids is 1. The van der Waals surface area contributed by atoms with Crippen LogP contribution in [0.1, 0.15) is 49.8 Å². The summed E-state index contributed by atoms with van der Waals surface area (Å²) in [7, 11) is 0. The van der Waals surface area contributed by atoms with E-state index in [4.69, 9.17) is 32.9 Å². The molecule has 3 heterocycles. The Morgan fingerprint density at radius 2 is 1.93 bits per heavy atom. The molecule has 0 bridgehead atoms. The number of allylic oxidation sites excluding steroid dienone is 2. The number of aliphatic hydroxyl groups is 1. The number of anilines is 2. The molecule has 11 nitrogen and oxygen atoms in total. The number of aliphatic hydroxyl groups excluding tert-OH is 1. The molecule has 4 aromatic rings. The predicted octanol–water partition coefficient (Wildman–Crippen LogP) is 6.53. The van der Waals surface area contributed by atoms with Crippen molar-refractivity contribution in [3.63, 3.8) is 0 Å². The van der Waals surface area contributed by atoms with E-state index in [-0.39, 0.29) is 47.1 Å². The second kappa shape index (κ2) is 14.9. The first kappa shape index (κ1) is 37.7. The lowest BCUT2D eigenvalue weighted by Crippen LogP contribution is -2.62. The Morgan fingerprint density at radius 3 is 2.61 bits per heavy atom. The topological polar surface area (TPSA) is 149 Å². The summed E-state index contributed by atoms with van der Waals surface area (Å²) in [5.74, 6) is -2.15. The third kappa shape index (κ3) is 7.04. The fourth-order valence-corrected chi connectivity index (χ4v) is 7.82. The molecular weight excluding hydrogens is 734 g/mol. The Morgan fingerprint density at radius 1 is 1.15 bits per heavy atom. The number of aromatic nitrogens is 2. The van der Waals surface area contributed by atoms with Crippen LogP contribution >= 0.6 is 23.2 Å². The second-order valence-corrected chi connectivity index (χ2v) is 15.3. The zero-order chi connectivity index (χ0) is 38.3. The van der Waals surface area contributed by atoms with Gasteiger partial charge in [0.15, 0.2) is 17.2 Å². The van der Waals surface area contributed by atoms with Gasteiger partial charge in [-0.3, -0.25) is 24.8 Å². The van der Waals surface area contributed by atoms with E-state index in [1.165, 1.54) is 6.07 Å². The zero-order valence-corrected chi connectivity index (χ0v) is 31.3. The number of amides is 1. The maximum absolute atomic E-state index is 16.1. The van der Waals surface area contributed by atoms with Crippen LogP contribution in [0.2, 0.25) is 5.02 Å². The van der Waals surface area contributed by atoms with Crippen molar-refractivity contribution in [1.82, 2.24) is 20.2 Å². The number of carboxylic acids is 1. The lowest BCUT2D eigenvalue weighted by Gasteiger charge is -2.45. The monoisotopic (exact) mass is 774 g/mol. The first-order chi connectivity index (χ1) is 25.9. The molecule has 2 aromatic heterocycles. The average molecular weight is 776 g/mol. The van der Waals surface area contributed by atoms with Crippen molar-refractivity contribution >= 4 is 63.1 Å². The van der Waals surface area contributed by atoms with E-state index in [0.29, 0.717) is 37.0 Å². The molecule has 1 saturated carbocycles. The second-order valence-electron chi connectivity index (χ2n) is 14.2. The molecule has 14 heteroatoms. The standard InChI is InChI=1S/C40H41Cl2FN6O5/c1-3-54-31-19-30(32(41)33(43)28(31)21-46-39(14-15-39)37(52)53)47-36(51)40(13-7-10-29(38(40,2)42)25-8-5-4-6-9-25)48-35-34-26(11-16-44-35)18-24(20-45-34)22-49-17-12-27(50)23-49/h4-11,13,16,18-20,27,46,50H,3,12,14-15,17,21-23H2,1-2H3,(H,44,48)(H,47,51)(H,52,53). The van der Waals surface area contributed by atoms with E-state index in [1.54, 1.807) is 38.4 Å². The summed E-state index contributed by atoms with van der Waals surface area (Å²) in [4.78, 5) is 36.8. The molecule has 3 unspecified atom stereocenters. The molecule has 0 radical (unpaired) electrons. The molecule has 54 heavy (non-hydrogen) atoms. The number of carbonyl (C=O) groups excluding carboxylic acids is 1. The number of nitrogens with zero attached hydrogens (tertiary/aromatic N) is 3. The SMILES string of the molecule is CCOc1cc(NC(=O)C2(Nc3nccc4cc(CN5CCC(O)C5)cnc34)C=CC=C(c3ccccc3)C2(C)Cl)c(Cl)c(F)c1CNC1(C(=O)O)CC1. The minimum atomic E-state index is -1.76. The van der Waals surface area contributed by atoms with Gasteiger partial charge in [0.05, 0.1) is 18.4 Å². The molecule has 3 aliphatic rings. The van der Waals surface area contributed by atoms with Gasteiger partial charge in [0, 0.05) is 55.6 Å². The smallest absolute Gasteiger partial charge is 0.323 e. The van der Waals surface area contributed by atoms with Gasteiger partial charge in [-0.2, -0.15) is 0 Å². The largest absolute Gasteiger partial charge is 0.493 e. The van der Waals surface area contributed by atoms with Crippen LogP contribution in [0.4, 0.5) is 15.9 Å². The Kier molecular flexibility index (Phi) is 10.4. The molecule has 0 spiro atoms. The molecule has 282 valence electrons. The number of β-amino-alcohol motifs (C(OH)–C–C–N with tert-alkyl or cyclic N) is 1. The highest BCUT2D eigenvalue weighted by molar-refractivity contribution is 6.36. The number of ether oxygens (including phenoxy) is 1. The van der Waals surface area contributed by atoms with Crippen molar-refractivity contribution in [2.75, 3.05) is 30.3 Å². The number of carboxylic acid groups (broad SMARTS) is 1. The zero-order valence-electron chi connectivity index (χ0n) is 29.8. The van der Waals surface area contributed by atoms with E-state index < -0.39 is 33.6 Å². The van der Waals surface area contributed by atoms with Crippen LogP contribution in [0, 0.1) is 5.82 Å². The van der Waals surface area contributed by atoms with Crippen LogP contribution in [-0.2, 0) is 22.7 Å². The normalized spacial score (nSPS) is 23.2. The summed E-state index contributed by atoms with van der Waals surface area (Å²) < 4.78 is 21.9. The summed E-state index contributed by atoms with van der Waals surface area (Å²) in [6, 6.07) is 14.7. The maximum Gasteiger partial charge on any atom is 0.323 e. The van der Waals surface area contributed by atoms with Crippen LogP contribution in [-0.4, -0.2) is 78.7 Å². The third-order valence-electron chi connectivity index (χ3n) is 10.5. The predicted molar refractivity (Wildman–Crippen MR) is 207 cm³/mol. The average Bonchev–Trinajstić information content (AvgIpc) is 3.84. The number of likely N-dealkylation sites (tertiary alicyclic amines) is 1. The van der Waals surface area contributed by atoms with Gasteiger partial charge in [0.25, 0.3) is 5.91 Å². The Bertz CT molecular complexity index is 2160.